The van der Waals surface area contributed by atoms with E-state index in [2.05, 4.69) is 9.72 Å². The SMILES string of the molecule is O=[N+]([O-])c1cc(C(F)(F)F)nc(OC(F)(F)F)c1S(=O)(=O)Cl. The standard InChI is InChI=1S/C7HClF6N2O5S/c8-22(19,20)4-2(16(17)18)1-3(6(9,10)11)15-5(4)21-7(12,13)14/h1H. The molecule has 0 spiro atoms. The topological polar surface area (TPSA) is 99.4 Å². The smallest absolute Gasteiger partial charge is 0.386 e. The predicted octanol–water partition coefficient (Wildman–Crippen LogP) is 2.83. The highest BCUT2D eigenvalue weighted by Crippen LogP contribution is 2.40. The zero-order chi connectivity index (χ0) is 17.5. The van der Waals surface area contributed by atoms with Gasteiger partial charge in [0, 0.05) is 16.7 Å². The van der Waals surface area contributed by atoms with Crippen LogP contribution in [0.2, 0.25) is 0 Å². The van der Waals surface area contributed by atoms with E-state index in [9.17, 15) is 44.9 Å². The molecule has 7 nitrogen and oxygen atoms in total. The number of halogens is 7. The van der Waals surface area contributed by atoms with E-state index in [1.54, 1.807) is 0 Å². The zero-order valence-corrected chi connectivity index (χ0v) is 11.1. The van der Waals surface area contributed by atoms with Crippen LogP contribution in [0.4, 0.5) is 32.0 Å². The maximum absolute atomic E-state index is 12.5. The molecule has 0 N–H and O–H groups in total. The third-order valence-electron chi connectivity index (χ3n) is 1.87. The van der Waals surface area contributed by atoms with Gasteiger partial charge >= 0.3 is 12.5 Å². The lowest BCUT2D eigenvalue weighted by molar-refractivity contribution is -0.388. The maximum Gasteiger partial charge on any atom is 0.574 e. The molecule has 0 atom stereocenters. The van der Waals surface area contributed by atoms with Crippen molar-refractivity contribution in [1.82, 2.24) is 4.98 Å². The molecule has 1 aromatic rings. The molecular formula is C7HClF6N2O5S. The second-order valence-electron chi connectivity index (χ2n) is 3.40. The van der Waals surface area contributed by atoms with Crippen LogP contribution in [0.15, 0.2) is 11.0 Å². The van der Waals surface area contributed by atoms with Crippen LogP contribution in [-0.2, 0) is 15.2 Å². The summed E-state index contributed by atoms with van der Waals surface area (Å²) in [6.45, 7) is 0. The first-order chi connectivity index (χ1) is 9.63. The van der Waals surface area contributed by atoms with Crippen LogP contribution in [0.25, 0.3) is 0 Å². The highest BCUT2D eigenvalue weighted by atomic mass is 35.7. The first kappa shape index (κ1) is 18.2. The largest absolute Gasteiger partial charge is 0.574 e. The van der Waals surface area contributed by atoms with Gasteiger partial charge in [-0.1, -0.05) is 0 Å². The number of alkyl halides is 6. The molecule has 1 aromatic heterocycles. The van der Waals surface area contributed by atoms with E-state index in [1.165, 1.54) is 0 Å². The van der Waals surface area contributed by atoms with Gasteiger partial charge in [-0.15, -0.1) is 13.2 Å². The highest BCUT2D eigenvalue weighted by Gasteiger charge is 2.43. The van der Waals surface area contributed by atoms with E-state index in [0.29, 0.717) is 0 Å². The van der Waals surface area contributed by atoms with Crippen LogP contribution in [-0.4, -0.2) is 24.7 Å². The van der Waals surface area contributed by atoms with Crippen LogP contribution in [0.5, 0.6) is 5.88 Å². The molecule has 0 saturated carbocycles. The van der Waals surface area contributed by atoms with Gasteiger partial charge in [0.25, 0.3) is 14.7 Å². The van der Waals surface area contributed by atoms with Crippen molar-refractivity contribution in [3.63, 3.8) is 0 Å². The molecule has 15 heteroatoms. The van der Waals surface area contributed by atoms with Crippen molar-refractivity contribution in [3.8, 4) is 5.88 Å². The lowest BCUT2D eigenvalue weighted by Crippen LogP contribution is -2.21. The first-order valence-corrected chi connectivity index (χ1v) is 6.91. The molecule has 124 valence electrons. The minimum Gasteiger partial charge on any atom is -0.386 e. The van der Waals surface area contributed by atoms with Crippen molar-refractivity contribution in [1.29, 1.82) is 0 Å². The Morgan fingerprint density at radius 3 is 2.05 bits per heavy atom. The van der Waals surface area contributed by atoms with Crippen LogP contribution in [0, 0.1) is 10.1 Å². The summed E-state index contributed by atoms with van der Waals surface area (Å²) in [6.07, 6.45) is -11.1. The molecule has 0 aromatic carbocycles. The molecule has 1 rings (SSSR count). The minimum atomic E-state index is -5.67. The Morgan fingerprint density at radius 1 is 1.23 bits per heavy atom. The lowest BCUT2D eigenvalue weighted by atomic mass is 10.3. The Balaban J connectivity index is 3.83. The van der Waals surface area contributed by atoms with Gasteiger partial charge in [0.1, 0.15) is 0 Å². The fourth-order valence-corrected chi connectivity index (χ4v) is 2.30. The number of hydrogen-bond donors (Lipinski definition) is 0. The van der Waals surface area contributed by atoms with Crippen molar-refractivity contribution < 1.29 is 44.4 Å². The normalized spacial score (nSPS) is 13.0. The summed E-state index contributed by atoms with van der Waals surface area (Å²) in [7, 11) is -0.561. The molecule has 0 radical (unpaired) electrons. The summed E-state index contributed by atoms with van der Waals surface area (Å²) >= 11 is 0. The average Bonchev–Trinajstić information content (AvgIpc) is 2.22. The van der Waals surface area contributed by atoms with Gasteiger partial charge in [0.15, 0.2) is 5.69 Å². The summed E-state index contributed by atoms with van der Waals surface area (Å²) in [5.74, 6) is -2.20. The van der Waals surface area contributed by atoms with E-state index < -0.39 is 48.7 Å². The molecule has 0 fully saturated rings. The number of hydrogen-bond acceptors (Lipinski definition) is 6. The summed E-state index contributed by atoms with van der Waals surface area (Å²) in [5, 5.41) is 10.6. The molecular weight excluding hydrogens is 374 g/mol. The quantitative estimate of drug-likeness (QED) is 0.349. The van der Waals surface area contributed by atoms with Crippen LogP contribution < -0.4 is 4.74 Å². The van der Waals surface area contributed by atoms with Crippen LogP contribution in [0.3, 0.4) is 0 Å². The fourth-order valence-electron chi connectivity index (χ4n) is 1.19. The van der Waals surface area contributed by atoms with Gasteiger partial charge < -0.3 is 4.74 Å². The van der Waals surface area contributed by atoms with E-state index in [4.69, 9.17) is 10.7 Å². The average molecular weight is 375 g/mol. The van der Waals surface area contributed by atoms with Crippen molar-refractivity contribution in [2.24, 2.45) is 0 Å². The Labute approximate surface area is 121 Å². The maximum atomic E-state index is 12.5. The molecule has 0 aliphatic heterocycles. The number of aromatic nitrogens is 1. The minimum absolute atomic E-state index is 0.376. The summed E-state index contributed by atoms with van der Waals surface area (Å²) < 4.78 is 99.0. The van der Waals surface area contributed by atoms with Gasteiger partial charge in [0.2, 0.25) is 10.8 Å². The molecule has 0 aliphatic carbocycles. The second kappa shape index (κ2) is 5.42. The predicted molar refractivity (Wildman–Crippen MR) is 55.6 cm³/mol. The Kier molecular flexibility index (Phi) is 4.49. The van der Waals surface area contributed by atoms with Gasteiger partial charge in [0.05, 0.1) is 4.92 Å². The number of nitro groups is 1. The number of pyridine rings is 1. The number of rotatable bonds is 3. The third kappa shape index (κ3) is 4.33. The van der Waals surface area contributed by atoms with Crippen LogP contribution in [0.1, 0.15) is 5.69 Å². The van der Waals surface area contributed by atoms with E-state index in [1.807, 2.05) is 0 Å². The molecule has 1 heterocycles. The summed E-state index contributed by atoms with van der Waals surface area (Å²) in [6, 6.07) is -0.376. The lowest BCUT2D eigenvalue weighted by Gasteiger charge is -2.13. The van der Waals surface area contributed by atoms with Gasteiger partial charge in [-0.3, -0.25) is 10.1 Å². The number of ether oxygens (including phenoxy) is 1. The molecule has 0 bridgehead atoms. The number of nitrogens with zero attached hydrogens (tertiary/aromatic N) is 2. The van der Waals surface area contributed by atoms with Gasteiger partial charge in [-0.05, 0) is 0 Å². The summed E-state index contributed by atoms with van der Waals surface area (Å²) in [5.41, 5.74) is -4.03. The van der Waals surface area contributed by atoms with Crippen molar-refractivity contribution in [2.45, 2.75) is 17.4 Å². The van der Waals surface area contributed by atoms with Crippen molar-refractivity contribution in [3.05, 3.63) is 21.9 Å². The molecule has 0 unspecified atom stereocenters. The monoisotopic (exact) mass is 374 g/mol. The van der Waals surface area contributed by atoms with E-state index in [0.717, 1.165) is 0 Å². The summed E-state index contributed by atoms with van der Waals surface area (Å²) in [4.78, 5) is 9.31. The zero-order valence-electron chi connectivity index (χ0n) is 9.57. The van der Waals surface area contributed by atoms with E-state index in [-0.39, 0.29) is 6.07 Å². The highest BCUT2D eigenvalue weighted by molar-refractivity contribution is 8.14. The van der Waals surface area contributed by atoms with Crippen molar-refractivity contribution >= 4 is 25.4 Å². The van der Waals surface area contributed by atoms with Gasteiger partial charge in [-0.25, -0.2) is 13.4 Å². The van der Waals surface area contributed by atoms with Crippen molar-refractivity contribution in [2.75, 3.05) is 0 Å². The molecule has 0 aliphatic rings. The first-order valence-electron chi connectivity index (χ1n) is 4.60. The second-order valence-corrected chi connectivity index (χ2v) is 5.90. The molecule has 22 heavy (non-hydrogen) atoms. The Morgan fingerprint density at radius 2 is 1.73 bits per heavy atom. The van der Waals surface area contributed by atoms with Crippen LogP contribution >= 0.6 is 10.7 Å². The van der Waals surface area contributed by atoms with E-state index >= 15 is 0 Å². The fraction of sp³-hybridized carbons (Fsp3) is 0.286. The Hall–Kier alpha value is -1.83. The molecule has 0 saturated heterocycles. The Bertz CT molecular complexity index is 715. The molecule has 0 amide bonds. The van der Waals surface area contributed by atoms with Gasteiger partial charge in [-0.2, -0.15) is 13.2 Å². The third-order valence-corrected chi connectivity index (χ3v) is 3.20.